The van der Waals surface area contributed by atoms with E-state index < -0.39 is 0 Å². The van der Waals surface area contributed by atoms with Gasteiger partial charge in [-0.15, -0.1) is 0 Å². The summed E-state index contributed by atoms with van der Waals surface area (Å²) in [6.07, 6.45) is 3.90. The first-order valence-electron chi connectivity index (χ1n) is 9.35. The smallest absolute Gasteiger partial charge is 0.193 e. The Balaban J connectivity index is 1.54. The minimum Gasteiger partial charge on any atom is -0.489 e. The molecule has 7 nitrogen and oxygen atoms in total. The van der Waals surface area contributed by atoms with Crippen LogP contribution in [-0.2, 0) is 11.8 Å². The van der Waals surface area contributed by atoms with Crippen LogP contribution in [0.1, 0.15) is 24.2 Å². The van der Waals surface area contributed by atoms with Crippen molar-refractivity contribution >= 4 is 5.96 Å². The van der Waals surface area contributed by atoms with Gasteiger partial charge in [0.2, 0.25) is 0 Å². The molecular formula is C20H29N5O2. The molecule has 0 saturated carbocycles. The molecule has 2 aromatic rings. The lowest BCUT2D eigenvalue weighted by molar-refractivity contribution is -0.00814. The molecule has 1 aromatic carbocycles. The van der Waals surface area contributed by atoms with Crippen LogP contribution in [0, 0.1) is 6.92 Å². The Morgan fingerprint density at radius 1 is 1.44 bits per heavy atom. The SMILES string of the molecule is CN=C(NCC(C)Oc1ccccc1C)N1CCOC(c2cnn(C)c2)C1. The van der Waals surface area contributed by atoms with Crippen LogP contribution < -0.4 is 10.1 Å². The number of aryl methyl sites for hydroxylation is 2. The predicted octanol–water partition coefficient (Wildman–Crippen LogP) is 2.14. The van der Waals surface area contributed by atoms with Crippen molar-refractivity contribution in [3.8, 4) is 5.75 Å². The zero-order valence-electron chi connectivity index (χ0n) is 16.6. The summed E-state index contributed by atoms with van der Waals surface area (Å²) >= 11 is 0. The molecule has 3 rings (SSSR count). The van der Waals surface area contributed by atoms with Gasteiger partial charge in [-0.05, 0) is 25.5 Å². The van der Waals surface area contributed by atoms with E-state index >= 15 is 0 Å². The standard InChI is InChI=1S/C20H29N5O2/c1-15-7-5-6-8-18(15)27-16(2)11-22-20(21-3)25-9-10-26-19(14-25)17-12-23-24(4)13-17/h5-8,12-13,16,19H,9-11,14H2,1-4H3,(H,21,22). The molecule has 1 fully saturated rings. The highest BCUT2D eigenvalue weighted by molar-refractivity contribution is 5.80. The summed E-state index contributed by atoms with van der Waals surface area (Å²) in [6.45, 7) is 7.01. The zero-order valence-corrected chi connectivity index (χ0v) is 16.6. The molecule has 1 aliphatic rings. The maximum atomic E-state index is 6.05. The molecule has 146 valence electrons. The fraction of sp³-hybridized carbons (Fsp3) is 0.500. The molecule has 0 spiro atoms. The number of aliphatic imine (C=N–C) groups is 1. The third-order valence-corrected chi connectivity index (χ3v) is 4.64. The third-order valence-electron chi connectivity index (χ3n) is 4.64. The third kappa shape index (κ3) is 5.01. The van der Waals surface area contributed by atoms with E-state index in [2.05, 4.69) is 40.2 Å². The molecule has 1 aliphatic heterocycles. The number of aromatic nitrogens is 2. The summed E-state index contributed by atoms with van der Waals surface area (Å²) in [5, 5.41) is 7.67. The second-order valence-corrected chi connectivity index (χ2v) is 6.87. The van der Waals surface area contributed by atoms with Gasteiger partial charge in [-0.3, -0.25) is 9.67 Å². The van der Waals surface area contributed by atoms with Gasteiger partial charge in [0, 0.05) is 32.4 Å². The molecule has 0 aliphatic carbocycles. The molecule has 1 aromatic heterocycles. The highest BCUT2D eigenvalue weighted by Gasteiger charge is 2.25. The van der Waals surface area contributed by atoms with Gasteiger partial charge in [-0.2, -0.15) is 5.10 Å². The number of morpholine rings is 1. The van der Waals surface area contributed by atoms with E-state index in [1.807, 2.05) is 44.7 Å². The quantitative estimate of drug-likeness (QED) is 0.644. The lowest BCUT2D eigenvalue weighted by atomic mass is 10.1. The Kier molecular flexibility index (Phi) is 6.34. The van der Waals surface area contributed by atoms with Crippen molar-refractivity contribution in [2.75, 3.05) is 33.3 Å². The summed E-state index contributed by atoms with van der Waals surface area (Å²) in [7, 11) is 3.73. The number of hydrogen-bond donors (Lipinski definition) is 1. The first-order chi connectivity index (χ1) is 13.1. The van der Waals surface area contributed by atoms with E-state index in [1.54, 1.807) is 4.68 Å². The molecule has 0 bridgehead atoms. The van der Waals surface area contributed by atoms with E-state index in [4.69, 9.17) is 9.47 Å². The van der Waals surface area contributed by atoms with Crippen LogP contribution in [0.25, 0.3) is 0 Å². The average Bonchev–Trinajstić information content (AvgIpc) is 3.11. The molecule has 2 unspecified atom stereocenters. The zero-order chi connectivity index (χ0) is 19.2. The van der Waals surface area contributed by atoms with Crippen molar-refractivity contribution < 1.29 is 9.47 Å². The topological polar surface area (TPSA) is 63.9 Å². The van der Waals surface area contributed by atoms with Crippen molar-refractivity contribution in [3.05, 3.63) is 47.8 Å². The summed E-state index contributed by atoms with van der Waals surface area (Å²) in [4.78, 5) is 6.66. The summed E-state index contributed by atoms with van der Waals surface area (Å²) in [5.41, 5.74) is 2.23. The number of guanidine groups is 1. The number of para-hydroxylation sites is 1. The molecule has 0 amide bonds. The Morgan fingerprint density at radius 3 is 2.96 bits per heavy atom. The van der Waals surface area contributed by atoms with E-state index in [-0.39, 0.29) is 12.2 Å². The molecule has 0 radical (unpaired) electrons. The van der Waals surface area contributed by atoms with Crippen molar-refractivity contribution in [2.45, 2.75) is 26.1 Å². The van der Waals surface area contributed by atoms with Crippen molar-refractivity contribution in [1.29, 1.82) is 0 Å². The fourth-order valence-corrected chi connectivity index (χ4v) is 3.16. The molecule has 7 heteroatoms. The maximum absolute atomic E-state index is 6.05. The van der Waals surface area contributed by atoms with E-state index in [0.717, 1.165) is 35.9 Å². The molecule has 2 heterocycles. The van der Waals surface area contributed by atoms with Crippen molar-refractivity contribution in [1.82, 2.24) is 20.0 Å². The monoisotopic (exact) mass is 371 g/mol. The number of rotatable bonds is 5. The maximum Gasteiger partial charge on any atom is 0.193 e. The number of nitrogens with zero attached hydrogens (tertiary/aromatic N) is 4. The summed E-state index contributed by atoms with van der Waals surface area (Å²) < 4.78 is 13.8. The van der Waals surface area contributed by atoms with Crippen LogP contribution in [0.5, 0.6) is 5.75 Å². The number of hydrogen-bond acceptors (Lipinski definition) is 4. The Labute approximate surface area is 161 Å². The van der Waals surface area contributed by atoms with Gasteiger partial charge in [0.15, 0.2) is 5.96 Å². The highest BCUT2D eigenvalue weighted by atomic mass is 16.5. The summed E-state index contributed by atoms with van der Waals surface area (Å²) in [6, 6.07) is 8.07. The number of benzene rings is 1. The van der Waals surface area contributed by atoms with Crippen LogP contribution in [-0.4, -0.2) is 60.0 Å². The Hall–Kier alpha value is -2.54. The number of nitrogens with one attached hydrogen (secondary N) is 1. The average molecular weight is 371 g/mol. The highest BCUT2D eigenvalue weighted by Crippen LogP contribution is 2.22. The molecule has 1 N–H and O–H groups in total. The van der Waals surface area contributed by atoms with Gasteiger partial charge in [-0.1, -0.05) is 18.2 Å². The Bertz CT molecular complexity index is 773. The van der Waals surface area contributed by atoms with Gasteiger partial charge in [0.1, 0.15) is 18.0 Å². The van der Waals surface area contributed by atoms with E-state index in [1.165, 1.54) is 0 Å². The number of ether oxygens (including phenoxy) is 2. The second-order valence-electron chi connectivity index (χ2n) is 6.87. The fourth-order valence-electron chi connectivity index (χ4n) is 3.16. The van der Waals surface area contributed by atoms with Gasteiger partial charge in [-0.25, -0.2) is 0 Å². The lowest BCUT2D eigenvalue weighted by Gasteiger charge is -2.35. The van der Waals surface area contributed by atoms with Crippen LogP contribution in [0.4, 0.5) is 0 Å². The Morgan fingerprint density at radius 2 is 2.26 bits per heavy atom. The van der Waals surface area contributed by atoms with E-state index in [9.17, 15) is 0 Å². The minimum absolute atomic E-state index is 0.00615. The largest absolute Gasteiger partial charge is 0.489 e. The first-order valence-corrected chi connectivity index (χ1v) is 9.35. The minimum atomic E-state index is 0.00615. The van der Waals surface area contributed by atoms with Gasteiger partial charge < -0.3 is 19.7 Å². The van der Waals surface area contributed by atoms with Crippen LogP contribution in [0.15, 0.2) is 41.7 Å². The normalized spacial score (nSPS) is 19.0. The second kappa shape index (κ2) is 8.90. The van der Waals surface area contributed by atoms with Crippen LogP contribution in [0.2, 0.25) is 0 Å². The lowest BCUT2D eigenvalue weighted by Crippen LogP contribution is -2.49. The van der Waals surface area contributed by atoms with Crippen molar-refractivity contribution in [3.63, 3.8) is 0 Å². The van der Waals surface area contributed by atoms with Gasteiger partial charge in [0.05, 0.1) is 25.9 Å². The first kappa shape index (κ1) is 19.2. The molecular weight excluding hydrogens is 342 g/mol. The summed E-state index contributed by atoms with van der Waals surface area (Å²) in [5.74, 6) is 1.79. The van der Waals surface area contributed by atoms with E-state index in [0.29, 0.717) is 13.2 Å². The molecule has 1 saturated heterocycles. The van der Waals surface area contributed by atoms with Gasteiger partial charge in [0.25, 0.3) is 0 Å². The predicted molar refractivity (Wildman–Crippen MR) is 106 cm³/mol. The van der Waals surface area contributed by atoms with Crippen LogP contribution >= 0.6 is 0 Å². The molecule has 2 atom stereocenters. The molecule has 27 heavy (non-hydrogen) atoms. The van der Waals surface area contributed by atoms with Crippen LogP contribution in [0.3, 0.4) is 0 Å². The van der Waals surface area contributed by atoms with Crippen molar-refractivity contribution in [2.24, 2.45) is 12.0 Å². The van der Waals surface area contributed by atoms with Gasteiger partial charge >= 0.3 is 0 Å².